The first-order valence-corrected chi connectivity index (χ1v) is 18.4. The smallest absolute Gasteiger partial charge is 0.0645 e. The molecule has 57 heavy (non-hydrogen) atoms. The second-order valence-electron chi connectivity index (χ2n) is 13.9. The van der Waals surface area contributed by atoms with Crippen LogP contribution in [0.1, 0.15) is 20.6 Å². The molecule has 0 bridgehead atoms. The van der Waals surface area contributed by atoms with Gasteiger partial charge in [-0.2, -0.15) is 0 Å². The van der Waals surface area contributed by atoms with Crippen molar-refractivity contribution in [2.24, 2.45) is 0 Å². The molecule has 0 aliphatic rings. The van der Waals surface area contributed by atoms with E-state index in [1.54, 1.807) is 13.7 Å². The SMILES string of the molecule is [2H]c1c([2H])c([2H])c(-n2c3ccccc3c3cc(-c4ccc5c(c4)c4cc(-c6ccc7c(c6)c6ccccc6n7-c6c([2H])c([2H])c([2H])c([2H])c6[2H])ccc4n5-c4c([2H])c([2H])c([2H])c([2H])c4[2H])ccc32)c([2H])c1[2H]. The third-order valence-corrected chi connectivity index (χ3v) is 10.9. The molecule has 0 amide bonds. The Morgan fingerprint density at radius 3 is 0.842 bits per heavy atom. The van der Waals surface area contributed by atoms with Crippen molar-refractivity contribution in [2.45, 2.75) is 0 Å². The summed E-state index contributed by atoms with van der Waals surface area (Å²) in [4.78, 5) is 0. The van der Waals surface area contributed by atoms with Gasteiger partial charge in [-0.25, -0.2) is 0 Å². The van der Waals surface area contributed by atoms with Crippen molar-refractivity contribution in [3.05, 3.63) is 212 Å². The molecule has 3 heterocycles. The van der Waals surface area contributed by atoms with Gasteiger partial charge in [0.15, 0.2) is 0 Å². The van der Waals surface area contributed by atoms with Crippen LogP contribution < -0.4 is 0 Å². The van der Waals surface area contributed by atoms with Crippen LogP contribution >= 0.6 is 0 Å². The Labute approximate surface area is 350 Å². The van der Waals surface area contributed by atoms with Crippen LogP contribution in [0.2, 0.25) is 0 Å². The number of nitrogens with zero attached hydrogens (tertiary/aromatic N) is 3. The van der Waals surface area contributed by atoms with Crippen molar-refractivity contribution < 1.29 is 20.6 Å². The molecule has 0 atom stereocenters. The first kappa shape index (κ1) is 20.3. The summed E-state index contributed by atoms with van der Waals surface area (Å²) in [6.45, 7) is 0. The lowest BCUT2D eigenvalue weighted by Gasteiger charge is -2.09. The first-order chi connectivity index (χ1) is 34.5. The summed E-state index contributed by atoms with van der Waals surface area (Å²) in [7, 11) is 0. The molecule has 0 aliphatic heterocycles. The minimum absolute atomic E-state index is 0.00902. The maximum atomic E-state index is 9.05. The Morgan fingerprint density at radius 1 is 0.263 bits per heavy atom. The zero-order valence-corrected chi connectivity index (χ0v) is 29.9. The molecule has 0 spiro atoms. The quantitative estimate of drug-likeness (QED) is 0.167. The van der Waals surface area contributed by atoms with E-state index in [2.05, 4.69) is 0 Å². The largest absolute Gasteiger partial charge is 0.309 e. The van der Waals surface area contributed by atoms with Crippen molar-refractivity contribution in [1.29, 1.82) is 0 Å². The average molecular weight is 741 g/mol. The van der Waals surface area contributed by atoms with Gasteiger partial charge in [0.2, 0.25) is 0 Å². The van der Waals surface area contributed by atoms with E-state index < -0.39 is 54.4 Å². The number of benzene rings is 9. The minimum atomic E-state index is -0.509. The van der Waals surface area contributed by atoms with E-state index in [0.717, 1.165) is 54.6 Å². The third kappa shape index (κ3) is 4.86. The van der Waals surface area contributed by atoms with E-state index in [1.807, 2.05) is 121 Å². The molecule has 3 heteroatoms. The number of aromatic nitrogens is 3. The molecule has 12 aromatic rings. The van der Waals surface area contributed by atoms with Crippen LogP contribution in [0.5, 0.6) is 0 Å². The highest BCUT2D eigenvalue weighted by atomic mass is 15.0. The predicted octanol–water partition coefficient (Wildman–Crippen LogP) is 14.3. The summed E-state index contributed by atoms with van der Waals surface area (Å²) in [5, 5.41) is 4.61. The number of hydrogen-bond acceptors (Lipinski definition) is 0. The Morgan fingerprint density at radius 2 is 0.526 bits per heavy atom. The van der Waals surface area contributed by atoms with Gasteiger partial charge in [0.1, 0.15) is 0 Å². The Hall–Kier alpha value is -7.62. The second kappa shape index (κ2) is 12.5. The summed E-state index contributed by atoms with van der Waals surface area (Å²) in [6.07, 6.45) is 0. The zero-order chi connectivity index (χ0) is 50.5. The van der Waals surface area contributed by atoms with E-state index in [0.29, 0.717) is 33.1 Å². The van der Waals surface area contributed by atoms with Crippen molar-refractivity contribution >= 4 is 65.4 Å². The molecular weight excluding hydrogens is 691 g/mol. The third-order valence-electron chi connectivity index (χ3n) is 10.9. The van der Waals surface area contributed by atoms with Gasteiger partial charge in [-0.05, 0) is 119 Å². The summed E-state index contributed by atoms with van der Waals surface area (Å²) >= 11 is 0. The molecule has 266 valence electrons. The topological polar surface area (TPSA) is 14.8 Å². The van der Waals surface area contributed by atoms with Gasteiger partial charge in [0.05, 0.1) is 53.7 Å². The minimum Gasteiger partial charge on any atom is -0.309 e. The maximum Gasteiger partial charge on any atom is 0.0645 e. The lowest BCUT2D eigenvalue weighted by atomic mass is 9.98. The summed E-state index contributed by atoms with van der Waals surface area (Å²) < 4.78 is 134. The number of rotatable bonds is 5. The maximum absolute atomic E-state index is 9.05. The normalized spacial score (nSPS) is 15.5. The van der Waals surface area contributed by atoms with Gasteiger partial charge in [-0.3, -0.25) is 0 Å². The molecule has 0 radical (unpaired) electrons. The van der Waals surface area contributed by atoms with Crippen LogP contribution in [0.4, 0.5) is 0 Å². The summed E-state index contributed by atoms with van der Waals surface area (Å²) in [5.74, 6) is 0. The van der Waals surface area contributed by atoms with Crippen molar-refractivity contribution in [3.63, 3.8) is 0 Å². The van der Waals surface area contributed by atoms with Crippen molar-refractivity contribution in [3.8, 4) is 39.3 Å². The van der Waals surface area contributed by atoms with E-state index in [1.165, 1.54) is 0 Å². The molecule has 0 saturated heterocycles. The highest BCUT2D eigenvalue weighted by molar-refractivity contribution is 6.14. The summed E-state index contributed by atoms with van der Waals surface area (Å²) in [5.41, 5.74) is 7.00. The van der Waals surface area contributed by atoms with Crippen LogP contribution in [0, 0.1) is 0 Å². The zero-order valence-electron chi connectivity index (χ0n) is 44.9. The molecule has 0 N–H and O–H groups in total. The van der Waals surface area contributed by atoms with E-state index in [-0.39, 0.29) is 53.3 Å². The van der Waals surface area contributed by atoms with Gasteiger partial charge in [0.25, 0.3) is 0 Å². The molecule has 0 aliphatic carbocycles. The number of fused-ring (bicyclic) bond motifs is 9. The molecule has 0 fully saturated rings. The average Bonchev–Trinajstić information content (AvgIpc) is 4.02. The van der Waals surface area contributed by atoms with E-state index >= 15 is 0 Å². The summed E-state index contributed by atoms with van der Waals surface area (Å²) in [6, 6.07) is 31.9. The predicted molar refractivity (Wildman–Crippen MR) is 240 cm³/mol. The molecule has 3 aromatic heterocycles. The number of para-hydroxylation sites is 5. The highest BCUT2D eigenvalue weighted by Gasteiger charge is 2.18. The molecule has 3 nitrogen and oxygen atoms in total. The Bertz CT molecular complexity index is 4080. The van der Waals surface area contributed by atoms with Crippen LogP contribution in [0.15, 0.2) is 212 Å². The van der Waals surface area contributed by atoms with Crippen LogP contribution in [-0.4, -0.2) is 13.7 Å². The highest BCUT2D eigenvalue weighted by Crippen LogP contribution is 2.41. The van der Waals surface area contributed by atoms with Gasteiger partial charge in [-0.1, -0.05) is 115 Å². The molecule has 12 rings (SSSR count). The van der Waals surface area contributed by atoms with Crippen molar-refractivity contribution in [1.82, 2.24) is 13.7 Å². The standard InChI is InChI=1S/C54H35N3/c1-4-14-40(15-5-1)55-49-22-12-10-20-43(49)45-32-36(24-28-51(45)55)38-26-30-53-47(34-38)48-35-39(27-31-54(48)57(53)42-18-8-3-9-19-42)37-25-29-52-46(33-37)44-21-11-13-23-50(44)56(52)41-16-6-2-7-17-41/h1-35H/i1D,2D,3D,4D,5D,6D,7D,8D,9D,14D,15D,16D,17D,18D,19D. The van der Waals surface area contributed by atoms with Gasteiger partial charge >= 0.3 is 0 Å². The van der Waals surface area contributed by atoms with Crippen LogP contribution in [0.25, 0.3) is 105 Å². The lowest BCUT2D eigenvalue weighted by molar-refractivity contribution is 1.18. The van der Waals surface area contributed by atoms with Crippen LogP contribution in [-0.2, 0) is 0 Å². The molecule has 9 aromatic carbocycles. The fourth-order valence-corrected chi connectivity index (χ4v) is 8.48. The Balaban J connectivity index is 1.08. The second-order valence-corrected chi connectivity index (χ2v) is 13.9. The number of hydrogen-bond donors (Lipinski definition) is 0. The molecule has 0 unspecified atom stereocenters. The fraction of sp³-hybridized carbons (Fsp3) is 0. The van der Waals surface area contributed by atoms with Crippen molar-refractivity contribution in [2.75, 3.05) is 0 Å². The lowest BCUT2D eigenvalue weighted by Crippen LogP contribution is -1.93. The fourth-order valence-electron chi connectivity index (χ4n) is 8.48. The molecule has 0 saturated carbocycles. The van der Waals surface area contributed by atoms with Crippen LogP contribution in [0.3, 0.4) is 0 Å². The van der Waals surface area contributed by atoms with E-state index in [4.69, 9.17) is 20.6 Å². The van der Waals surface area contributed by atoms with E-state index in [9.17, 15) is 0 Å². The monoisotopic (exact) mass is 740 g/mol. The Kier molecular flexibility index (Phi) is 4.44. The molecular formula is C54H35N3. The van der Waals surface area contributed by atoms with Gasteiger partial charge in [-0.15, -0.1) is 0 Å². The van der Waals surface area contributed by atoms with Gasteiger partial charge in [0, 0.05) is 49.4 Å². The van der Waals surface area contributed by atoms with Gasteiger partial charge < -0.3 is 13.7 Å². The first-order valence-electron chi connectivity index (χ1n) is 25.9.